The van der Waals surface area contributed by atoms with Gasteiger partial charge >= 0.3 is 7.12 Å². The van der Waals surface area contributed by atoms with E-state index in [9.17, 15) is 5.02 Å². The van der Waals surface area contributed by atoms with E-state index in [2.05, 4.69) is 34.5 Å². The van der Waals surface area contributed by atoms with Gasteiger partial charge in [-0.15, -0.1) is 10.2 Å². The third-order valence-electron chi connectivity index (χ3n) is 3.95. The van der Waals surface area contributed by atoms with Crippen LogP contribution in [-0.4, -0.2) is 39.5 Å². The molecule has 0 saturated heterocycles. The van der Waals surface area contributed by atoms with E-state index in [-0.39, 0.29) is 5.92 Å². The van der Waals surface area contributed by atoms with Gasteiger partial charge in [0.25, 0.3) is 0 Å². The van der Waals surface area contributed by atoms with Gasteiger partial charge in [0.2, 0.25) is 5.82 Å². The van der Waals surface area contributed by atoms with Crippen LogP contribution in [0.1, 0.15) is 18.4 Å². The molecule has 7 heteroatoms. The Balaban J connectivity index is 1.82. The highest BCUT2D eigenvalue weighted by atomic mass is 16.5. The molecule has 0 saturated carbocycles. The molecule has 0 aliphatic heterocycles. The molecular weight excluding hydrogens is 303 g/mol. The van der Waals surface area contributed by atoms with Gasteiger partial charge in [-0.05, 0) is 16.2 Å². The van der Waals surface area contributed by atoms with Crippen molar-refractivity contribution in [1.82, 2.24) is 20.2 Å². The fourth-order valence-corrected chi connectivity index (χ4v) is 2.60. The Hall–Kier alpha value is -2.51. The molecule has 0 radical (unpaired) electrons. The first-order valence-electron chi connectivity index (χ1n) is 7.82. The van der Waals surface area contributed by atoms with Crippen molar-refractivity contribution in [1.29, 1.82) is 0 Å². The van der Waals surface area contributed by atoms with E-state index in [1.165, 1.54) is 12.7 Å². The lowest BCUT2D eigenvalue weighted by Gasteiger charge is -2.10. The van der Waals surface area contributed by atoms with Gasteiger partial charge < -0.3 is 9.68 Å². The van der Waals surface area contributed by atoms with Crippen LogP contribution in [0.4, 0.5) is 0 Å². The van der Waals surface area contributed by atoms with Crippen LogP contribution < -0.4 is 5.46 Å². The summed E-state index contributed by atoms with van der Waals surface area (Å²) in [6, 6.07) is 17.6. The molecule has 1 N–H and O–H groups in total. The first-order chi connectivity index (χ1) is 11.7. The Labute approximate surface area is 141 Å². The average Bonchev–Trinajstić information content (AvgIpc) is 3.10. The highest BCUT2D eigenvalue weighted by molar-refractivity contribution is 6.61. The van der Waals surface area contributed by atoms with E-state index in [4.69, 9.17) is 4.65 Å². The van der Waals surface area contributed by atoms with Crippen LogP contribution in [0.25, 0.3) is 11.4 Å². The van der Waals surface area contributed by atoms with E-state index in [0.717, 1.165) is 0 Å². The van der Waals surface area contributed by atoms with Gasteiger partial charge in [-0.3, -0.25) is 0 Å². The molecule has 1 atom stereocenters. The molecule has 1 unspecified atom stereocenters. The number of nitrogens with zero attached hydrogens (tertiary/aromatic N) is 4. The maximum atomic E-state index is 9.97. The zero-order valence-corrected chi connectivity index (χ0v) is 13.7. The van der Waals surface area contributed by atoms with Crippen molar-refractivity contribution in [3.63, 3.8) is 0 Å². The highest BCUT2D eigenvalue weighted by Gasteiger charge is 2.21. The van der Waals surface area contributed by atoms with Crippen LogP contribution in [0, 0.1) is 0 Å². The molecule has 3 aromatic rings. The molecule has 3 rings (SSSR count). The zero-order chi connectivity index (χ0) is 16.9. The number of tetrazole rings is 1. The minimum absolute atomic E-state index is 0.271. The topological polar surface area (TPSA) is 73.1 Å². The second kappa shape index (κ2) is 7.38. The normalized spacial score (nSPS) is 12.1. The first-order valence-corrected chi connectivity index (χ1v) is 7.82. The summed E-state index contributed by atoms with van der Waals surface area (Å²) in [5.74, 6) is 0.745. The van der Waals surface area contributed by atoms with Crippen molar-refractivity contribution in [2.24, 2.45) is 0 Å². The fraction of sp³-hybridized carbons (Fsp3) is 0.235. The molecule has 24 heavy (non-hydrogen) atoms. The molecule has 0 amide bonds. The molecule has 1 aromatic heterocycles. The lowest BCUT2D eigenvalue weighted by molar-refractivity contribution is 0.341. The van der Waals surface area contributed by atoms with E-state index in [0.29, 0.717) is 23.4 Å². The predicted molar refractivity (Wildman–Crippen MR) is 92.7 cm³/mol. The third kappa shape index (κ3) is 3.52. The van der Waals surface area contributed by atoms with Crippen molar-refractivity contribution < 1.29 is 9.68 Å². The quantitative estimate of drug-likeness (QED) is 0.696. The number of benzene rings is 2. The Bertz CT molecular complexity index is 794. The second-order valence-corrected chi connectivity index (χ2v) is 5.65. The van der Waals surface area contributed by atoms with Gasteiger partial charge in [-0.1, -0.05) is 61.5 Å². The smallest absolute Gasteiger partial charge is 0.423 e. The van der Waals surface area contributed by atoms with Gasteiger partial charge in [0.05, 0.1) is 6.54 Å². The van der Waals surface area contributed by atoms with Gasteiger partial charge in [0, 0.05) is 18.6 Å². The minimum Gasteiger partial charge on any atom is -0.423 e. The van der Waals surface area contributed by atoms with Crippen LogP contribution in [0.3, 0.4) is 0 Å². The highest BCUT2D eigenvalue weighted by Crippen LogP contribution is 2.17. The molecule has 1 heterocycles. The van der Waals surface area contributed by atoms with Gasteiger partial charge in [-0.25, -0.2) is 0 Å². The van der Waals surface area contributed by atoms with Crippen LogP contribution in [0.15, 0.2) is 54.6 Å². The zero-order valence-electron chi connectivity index (χ0n) is 13.7. The second-order valence-electron chi connectivity index (χ2n) is 5.65. The first kappa shape index (κ1) is 16.4. The van der Waals surface area contributed by atoms with Crippen LogP contribution >= 0.6 is 0 Å². The van der Waals surface area contributed by atoms with Crippen molar-refractivity contribution in [3.8, 4) is 11.4 Å². The molecule has 6 nitrogen and oxygen atoms in total. The Kier molecular flexibility index (Phi) is 5.03. The van der Waals surface area contributed by atoms with Crippen molar-refractivity contribution >= 4 is 12.6 Å². The summed E-state index contributed by atoms with van der Waals surface area (Å²) in [4.78, 5) is 1.59. The molecule has 0 bridgehead atoms. The molecule has 0 aliphatic carbocycles. The number of hydrogen-bond donors (Lipinski definition) is 1. The SMILES string of the molecule is COB(O)c1ccccc1-c1nnn(CC(C)c2ccccc2)n1. The van der Waals surface area contributed by atoms with Crippen molar-refractivity contribution in [3.05, 3.63) is 60.2 Å². The van der Waals surface area contributed by atoms with Crippen molar-refractivity contribution in [2.45, 2.75) is 19.4 Å². The lowest BCUT2D eigenvalue weighted by atomic mass is 9.76. The Morgan fingerprint density at radius 1 is 1.12 bits per heavy atom. The van der Waals surface area contributed by atoms with Crippen molar-refractivity contribution in [2.75, 3.05) is 7.11 Å². The summed E-state index contributed by atoms with van der Waals surface area (Å²) in [6.07, 6.45) is 0. The number of hydrogen-bond acceptors (Lipinski definition) is 5. The molecule has 0 aliphatic rings. The average molecular weight is 322 g/mol. The van der Waals surface area contributed by atoms with Crippen LogP contribution in [0.2, 0.25) is 0 Å². The van der Waals surface area contributed by atoms with Crippen LogP contribution in [-0.2, 0) is 11.2 Å². The maximum Gasteiger partial charge on any atom is 0.491 e. The van der Waals surface area contributed by atoms with Gasteiger partial charge in [-0.2, -0.15) is 4.80 Å². The van der Waals surface area contributed by atoms with Crippen LogP contribution in [0.5, 0.6) is 0 Å². The summed E-state index contributed by atoms with van der Waals surface area (Å²) >= 11 is 0. The van der Waals surface area contributed by atoms with Gasteiger partial charge in [0.1, 0.15) is 0 Å². The van der Waals surface area contributed by atoms with Gasteiger partial charge in [0.15, 0.2) is 0 Å². The maximum absolute atomic E-state index is 9.97. The molecule has 122 valence electrons. The molecule has 0 spiro atoms. The Morgan fingerprint density at radius 2 is 1.83 bits per heavy atom. The molecule has 0 fully saturated rings. The monoisotopic (exact) mass is 322 g/mol. The third-order valence-corrected chi connectivity index (χ3v) is 3.95. The Morgan fingerprint density at radius 3 is 2.58 bits per heavy atom. The predicted octanol–water partition coefficient (Wildman–Crippen LogP) is 1.48. The van der Waals surface area contributed by atoms with E-state index in [1.807, 2.05) is 36.4 Å². The summed E-state index contributed by atoms with van der Waals surface area (Å²) in [7, 11) is 0.434. The fourth-order valence-electron chi connectivity index (χ4n) is 2.60. The van der Waals surface area contributed by atoms with E-state index in [1.54, 1.807) is 10.9 Å². The standard InChI is InChI=1S/C17H19BN4O2/c1-13(14-8-4-3-5-9-14)12-22-20-17(19-21-22)15-10-6-7-11-16(15)18(23)24-2/h3-11,13,23H,12H2,1-2H3. The summed E-state index contributed by atoms with van der Waals surface area (Å²) in [5, 5.41) is 22.7. The molecule has 2 aromatic carbocycles. The van der Waals surface area contributed by atoms with E-state index >= 15 is 0 Å². The lowest BCUT2D eigenvalue weighted by Crippen LogP contribution is -2.34. The summed E-state index contributed by atoms with van der Waals surface area (Å²) in [6.45, 7) is 2.76. The summed E-state index contributed by atoms with van der Waals surface area (Å²) < 4.78 is 5.00. The van der Waals surface area contributed by atoms with E-state index < -0.39 is 7.12 Å². The molecular formula is C17H19BN4O2. The number of aromatic nitrogens is 4. The summed E-state index contributed by atoms with van der Waals surface area (Å²) in [5.41, 5.74) is 2.56. The number of rotatable bonds is 6. The largest absolute Gasteiger partial charge is 0.491 e. The minimum atomic E-state index is -1.02.